The molecular weight excluding hydrogens is 228 g/mol. The molecule has 0 heterocycles. The number of nitrogens with zero attached hydrogens (tertiary/aromatic N) is 2. The SMILES string of the molecule is Cc1c(C)c(O)c(CN(C)C)c(CN(C)C)c1O. The summed E-state index contributed by atoms with van der Waals surface area (Å²) in [4.78, 5) is 3.98. The van der Waals surface area contributed by atoms with E-state index in [1.807, 2.05) is 51.8 Å². The summed E-state index contributed by atoms with van der Waals surface area (Å²) in [6.07, 6.45) is 0. The molecule has 18 heavy (non-hydrogen) atoms. The predicted octanol–water partition coefficient (Wildman–Crippen LogP) is 1.84. The first-order valence-corrected chi connectivity index (χ1v) is 6.08. The Balaban J connectivity index is 3.43. The van der Waals surface area contributed by atoms with E-state index in [0.717, 1.165) is 22.3 Å². The summed E-state index contributed by atoms with van der Waals surface area (Å²) in [7, 11) is 7.80. The Kier molecular flexibility index (Phi) is 4.59. The number of aromatic hydroxyl groups is 2. The fourth-order valence-corrected chi connectivity index (χ4v) is 2.07. The average Bonchev–Trinajstić information content (AvgIpc) is 2.27. The van der Waals surface area contributed by atoms with Crippen LogP contribution in [0, 0.1) is 13.8 Å². The summed E-state index contributed by atoms with van der Waals surface area (Å²) in [5.74, 6) is 0.603. The molecule has 0 aliphatic carbocycles. The van der Waals surface area contributed by atoms with Crippen molar-refractivity contribution >= 4 is 0 Å². The summed E-state index contributed by atoms with van der Waals surface area (Å²) < 4.78 is 0. The Morgan fingerprint density at radius 2 is 1.00 bits per heavy atom. The van der Waals surface area contributed by atoms with Crippen LogP contribution in [0.3, 0.4) is 0 Å². The molecule has 1 aromatic rings. The third-order valence-corrected chi connectivity index (χ3v) is 3.16. The standard InChI is InChI=1S/C14H24N2O2/c1-9-10(2)14(18)12(8-16(5)6)11(13(9)17)7-15(3)4/h17-18H,7-8H2,1-6H3. The van der Waals surface area contributed by atoms with E-state index < -0.39 is 0 Å². The molecule has 0 atom stereocenters. The van der Waals surface area contributed by atoms with Crippen molar-refractivity contribution in [2.24, 2.45) is 0 Å². The van der Waals surface area contributed by atoms with Gasteiger partial charge in [-0.25, -0.2) is 0 Å². The summed E-state index contributed by atoms with van der Waals surface area (Å²) >= 11 is 0. The number of hydrogen-bond acceptors (Lipinski definition) is 4. The highest BCUT2D eigenvalue weighted by Crippen LogP contribution is 2.37. The molecule has 0 amide bonds. The first kappa shape index (κ1) is 14.8. The fraction of sp³-hybridized carbons (Fsp3) is 0.571. The van der Waals surface area contributed by atoms with Gasteiger partial charge in [-0.2, -0.15) is 0 Å². The molecular formula is C14H24N2O2. The van der Waals surface area contributed by atoms with Gasteiger partial charge in [-0.3, -0.25) is 0 Å². The van der Waals surface area contributed by atoms with Crippen molar-refractivity contribution in [2.75, 3.05) is 28.2 Å². The van der Waals surface area contributed by atoms with Gasteiger partial charge < -0.3 is 20.0 Å². The van der Waals surface area contributed by atoms with Gasteiger partial charge in [0, 0.05) is 24.2 Å². The van der Waals surface area contributed by atoms with Crippen molar-refractivity contribution in [1.29, 1.82) is 0 Å². The van der Waals surface area contributed by atoms with Crippen molar-refractivity contribution < 1.29 is 10.2 Å². The van der Waals surface area contributed by atoms with E-state index in [0.29, 0.717) is 24.6 Å². The molecule has 0 unspecified atom stereocenters. The topological polar surface area (TPSA) is 46.9 Å². The molecule has 1 rings (SSSR count). The second-order valence-corrected chi connectivity index (χ2v) is 5.38. The zero-order valence-electron chi connectivity index (χ0n) is 12.2. The van der Waals surface area contributed by atoms with Crippen LogP contribution in [0.15, 0.2) is 0 Å². The van der Waals surface area contributed by atoms with Crippen LogP contribution in [-0.4, -0.2) is 48.2 Å². The molecule has 0 saturated carbocycles. The van der Waals surface area contributed by atoms with Crippen molar-refractivity contribution in [3.63, 3.8) is 0 Å². The number of phenols is 2. The molecule has 1 aromatic carbocycles. The molecule has 2 N–H and O–H groups in total. The second kappa shape index (κ2) is 5.59. The van der Waals surface area contributed by atoms with E-state index >= 15 is 0 Å². The van der Waals surface area contributed by atoms with Crippen molar-refractivity contribution in [3.8, 4) is 11.5 Å². The number of phenolic OH excluding ortho intramolecular Hbond substituents is 2. The maximum atomic E-state index is 10.3. The molecule has 0 radical (unpaired) electrons. The first-order valence-electron chi connectivity index (χ1n) is 6.08. The lowest BCUT2D eigenvalue weighted by molar-refractivity contribution is 0.355. The molecule has 0 spiro atoms. The molecule has 0 fully saturated rings. The normalized spacial score (nSPS) is 11.6. The first-order chi connectivity index (χ1) is 8.25. The van der Waals surface area contributed by atoms with Crippen LogP contribution in [0.1, 0.15) is 22.3 Å². The van der Waals surface area contributed by atoms with Crippen LogP contribution >= 0.6 is 0 Å². The number of hydrogen-bond donors (Lipinski definition) is 2. The van der Waals surface area contributed by atoms with E-state index in [-0.39, 0.29) is 0 Å². The van der Waals surface area contributed by atoms with E-state index in [9.17, 15) is 10.2 Å². The maximum Gasteiger partial charge on any atom is 0.123 e. The third-order valence-electron chi connectivity index (χ3n) is 3.16. The highest BCUT2D eigenvalue weighted by atomic mass is 16.3. The molecule has 102 valence electrons. The average molecular weight is 252 g/mol. The lowest BCUT2D eigenvalue weighted by atomic mass is 9.96. The van der Waals surface area contributed by atoms with Crippen molar-refractivity contribution in [2.45, 2.75) is 26.9 Å². The van der Waals surface area contributed by atoms with Crippen LogP contribution in [0.2, 0.25) is 0 Å². The Hall–Kier alpha value is -1.26. The predicted molar refractivity (Wildman–Crippen MR) is 74.0 cm³/mol. The van der Waals surface area contributed by atoms with Gasteiger partial charge in [-0.05, 0) is 53.2 Å². The van der Waals surface area contributed by atoms with Gasteiger partial charge in [-0.1, -0.05) is 0 Å². The van der Waals surface area contributed by atoms with Gasteiger partial charge in [0.2, 0.25) is 0 Å². The Morgan fingerprint density at radius 1 is 0.722 bits per heavy atom. The number of rotatable bonds is 4. The minimum atomic E-state index is 0.302. The number of benzene rings is 1. The van der Waals surface area contributed by atoms with Gasteiger partial charge >= 0.3 is 0 Å². The molecule has 0 saturated heterocycles. The highest BCUT2D eigenvalue weighted by Gasteiger charge is 2.19. The van der Waals surface area contributed by atoms with Crippen LogP contribution in [-0.2, 0) is 13.1 Å². The van der Waals surface area contributed by atoms with Crippen LogP contribution in [0.5, 0.6) is 11.5 Å². The smallest absolute Gasteiger partial charge is 0.123 e. The van der Waals surface area contributed by atoms with Gasteiger partial charge in [0.15, 0.2) is 0 Å². The van der Waals surface area contributed by atoms with E-state index in [1.54, 1.807) is 0 Å². The quantitative estimate of drug-likeness (QED) is 0.803. The highest BCUT2D eigenvalue weighted by molar-refractivity contribution is 5.57. The molecule has 0 aliphatic heterocycles. The van der Waals surface area contributed by atoms with Gasteiger partial charge in [0.05, 0.1) is 0 Å². The lowest BCUT2D eigenvalue weighted by Gasteiger charge is -2.22. The zero-order valence-corrected chi connectivity index (χ0v) is 12.2. The minimum absolute atomic E-state index is 0.302. The van der Waals surface area contributed by atoms with Gasteiger partial charge in [-0.15, -0.1) is 0 Å². The van der Waals surface area contributed by atoms with E-state index in [2.05, 4.69) is 0 Å². The Labute approximate surface area is 109 Å². The molecule has 0 bridgehead atoms. The minimum Gasteiger partial charge on any atom is -0.507 e. The van der Waals surface area contributed by atoms with E-state index in [1.165, 1.54) is 0 Å². The molecule has 4 nitrogen and oxygen atoms in total. The molecule has 4 heteroatoms. The largest absolute Gasteiger partial charge is 0.507 e. The molecule has 0 aromatic heterocycles. The second-order valence-electron chi connectivity index (χ2n) is 5.38. The monoisotopic (exact) mass is 252 g/mol. The molecule has 0 aliphatic rings. The van der Waals surface area contributed by atoms with E-state index in [4.69, 9.17) is 0 Å². The zero-order chi connectivity index (χ0) is 14.0. The Morgan fingerprint density at radius 3 is 1.22 bits per heavy atom. The fourth-order valence-electron chi connectivity index (χ4n) is 2.07. The van der Waals surface area contributed by atoms with Crippen LogP contribution in [0.25, 0.3) is 0 Å². The third kappa shape index (κ3) is 2.94. The van der Waals surface area contributed by atoms with Crippen LogP contribution in [0.4, 0.5) is 0 Å². The summed E-state index contributed by atoms with van der Waals surface area (Å²) in [5.41, 5.74) is 3.14. The summed E-state index contributed by atoms with van der Waals surface area (Å²) in [6, 6.07) is 0. The summed E-state index contributed by atoms with van der Waals surface area (Å²) in [6.45, 7) is 4.90. The maximum absolute atomic E-state index is 10.3. The lowest BCUT2D eigenvalue weighted by Crippen LogP contribution is -2.17. The Bertz CT molecular complexity index is 399. The van der Waals surface area contributed by atoms with Crippen molar-refractivity contribution in [1.82, 2.24) is 9.80 Å². The van der Waals surface area contributed by atoms with Gasteiger partial charge in [0.1, 0.15) is 11.5 Å². The van der Waals surface area contributed by atoms with Crippen molar-refractivity contribution in [3.05, 3.63) is 22.3 Å². The van der Waals surface area contributed by atoms with Crippen LogP contribution < -0.4 is 0 Å². The summed E-state index contributed by atoms with van der Waals surface area (Å²) in [5, 5.41) is 20.6. The van der Waals surface area contributed by atoms with Gasteiger partial charge in [0.25, 0.3) is 0 Å².